The minimum absolute atomic E-state index is 0.163. The van der Waals surface area contributed by atoms with Crippen LogP contribution in [-0.4, -0.2) is 18.1 Å². The van der Waals surface area contributed by atoms with E-state index in [2.05, 4.69) is 24.0 Å². The van der Waals surface area contributed by atoms with Gasteiger partial charge in [0, 0.05) is 18.3 Å². The van der Waals surface area contributed by atoms with Crippen LogP contribution in [-0.2, 0) is 4.74 Å². The molecule has 3 heteroatoms. The number of ether oxygens (including phenoxy) is 1. The number of carbonyl (C=O) groups excluding carboxylic acids is 1. The van der Waals surface area contributed by atoms with Crippen LogP contribution in [0.2, 0.25) is 0 Å². The lowest BCUT2D eigenvalue weighted by molar-refractivity contribution is 0.0599. The lowest BCUT2D eigenvalue weighted by Crippen LogP contribution is -2.05. The first-order valence-electron chi connectivity index (χ1n) is 5.54. The van der Waals surface area contributed by atoms with Crippen molar-refractivity contribution in [3.05, 3.63) is 59.4 Å². The van der Waals surface area contributed by atoms with Crippen molar-refractivity contribution in [1.82, 2.24) is 4.98 Å². The number of benzene rings is 1. The number of rotatable bonds is 3. The summed E-state index contributed by atoms with van der Waals surface area (Å²) < 4.78 is 4.76. The fourth-order valence-electron chi connectivity index (χ4n) is 1.94. The Hall–Kier alpha value is -2.03. The number of carbonyl (C=O) groups is 1. The van der Waals surface area contributed by atoms with Crippen LogP contribution in [0.25, 0.3) is 0 Å². The first-order chi connectivity index (χ1) is 8.24. The van der Waals surface area contributed by atoms with Crippen molar-refractivity contribution in [2.75, 3.05) is 7.11 Å². The van der Waals surface area contributed by atoms with Gasteiger partial charge in [0.25, 0.3) is 0 Å². The summed E-state index contributed by atoms with van der Waals surface area (Å²) in [4.78, 5) is 14.6. The first-order valence-corrected chi connectivity index (χ1v) is 5.54. The van der Waals surface area contributed by atoms with Crippen LogP contribution in [0.1, 0.15) is 34.3 Å². The molecule has 0 saturated heterocycles. The Kier molecular flexibility index (Phi) is 3.28. The minimum Gasteiger partial charge on any atom is -0.465 e. The standard InChI is InChI=1S/C14H15NO2/c1-10(11-6-4-3-5-7-11)12-8-15-9-13(12)14(16)17-2/h3-10,15H,1-2H3/t10-/m0/s1. The number of aromatic amines is 1. The summed E-state index contributed by atoms with van der Waals surface area (Å²) in [5, 5.41) is 0. The van der Waals surface area contributed by atoms with Crippen molar-refractivity contribution >= 4 is 5.97 Å². The zero-order valence-electron chi connectivity index (χ0n) is 9.94. The van der Waals surface area contributed by atoms with Gasteiger partial charge in [0.2, 0.25) is 0 Å². The van der Waals surface area contributed by atoms with E-state index in [1.165, 1.54) is 12.7 Å². The topological polar surface area (TPSA) is 42.1 Å². The third-order valence-corrected chi connectivity index (χ3v) is 2.95. The molecule has 1 heterocycles. The maximum atomic E-state index is 11.6. The second-order valence-corrected chi connectivity index (χ2v) is 3.95. The average Bonchev–Trinajstić information content (AvgIpc) is 2.87. The number of aromatic nitrogens is 1. The fourth-order valence-corrected chi connectivity index (χ4v) is 1.94. The van der Waals surface area contributed by atoms with Crippen molar-refractivity contribution < 1.29 is 9.53 Å². The molecule has 0 unspecified atom stereocenters. The predicted octanol–water partition coefficient (Wildman–Crippen LogP) is 2.95. The summed E-state index contributed by atoms with van der Waals surface area (Å²) in [6.45, 7) is 2.07. The summed E-state index contributed by atoms with van der Waals surface area (Å²) >= 11 is 0. The normalized spacial score (nSPS) is 12.1. The molecule has 3 nitrogen and oxygen atoms in total. The second kappa shape index (κ2) is 4.87. The molecule has 0 bridgehead atoms. The monoisotopic (exact) mass is 229 g/mol. The van der Waals surface area contributed by atoms with E-state index in [4.69, 9.17) is 4.74 Å². The molecule has 0 aliphatic carbocycles. The Morgan fingerprint density at radius 1 is 1.24 bits per heavy atom. The molecule has 17 heavy (non-hydrogen) atoms. The highest BCUT2D eigenvalue weighted by molar-refractivity contribution is 5.91. The average molecular weight is 229 g/mol. The van der Waals surface area contributed by atoms with Gasteiger partial charge in [-0.1, -0.05) is 37.3 Å². The van der Waals surface area contributed by atoms with Crippen molar-refractivity contribution in [2.24, 2.45) is 0 Å². The van der Waals surface area contributed by atoms with E-state index in [-0.39, 0.29) is 11.9 Å². The van der Waals surface area contributed by atoms with Gasteiger partial charge in [-0.15, -0.1) is 0 Å². The number of hydrogen-bond acceptors (Lipinski definition) is 2. The maximum Gasteiger partial charge on any atom is 0.339 e. The van der Waals surface area contributed by atoms with E-state index >= 15 is 0 Å². The number of esters is 1. The molecule has 0 radical (unpaired) electrons. The highest BCUT2D eigenvalue weighted by atomic mass is 16.5. The molecule has 1 N–H and O–H groups in total. The summed E-state index contributed by atoms with van der Waals surface area (Å²) in [6.07, 6.45) is 3.53. The van der Waals surface area contributed by atoms with E-state index in [1.807, 2.05) is 24.4 Å². The van der Waals surface area contributed by atoms with Gasteiger partial charge in [0.15, 0.2) is 0 Å². The lowest BCUT2D eigenvalue weighted by atomic mass is 9.92. The van der Waals surface area contributed by atoms with Crippen molar-refractivity contribution in [1.29, 1.82) is 0 Å². The van der Waals surface area contributed by atoms with Gasteiger partial charge >= 0.3 is 5.97 Å². The van der Waals surface area contributed by atoms with E-state index < -0.39 is 0 Å². The van der Waals surface area contributed by atoms with E-state index in [0.29, 0.717) is 5.56 Å². The van der Waals surface area contributed by atoms with Gasteiger partial charge in [-0.05, 0) is 11.1 Å². The summed E-state index contributed by atoms with van der Waals surface area (Å²) in [5.74, 6) is -0.138. The number of nitrogens with one attached hydrogen (secondary N) is 1. The van der Waals surface area contributed by atoms with Gasteiger partial charge in [-0.25, -0.2) is 4.79 Å². The Bertz CT molecular complexity index is 502. The van der Waals surface area contributed by atoms with E-state index in [0.717, 1.165) is 5.56 Å². The molecule has 2 aromatic rings. The van der Waals surface area contributed by atoms with E-state index in [1.54, 1.807) is 6.20 Å². The fraction of sp³-hybridized carbons (Fsp3) is 0.214. The number of hydrogen-bond donors (Lipinski definition) is 1. The zero-order valence-corrected chi connectivity index (χ0v) is 9.94. The zero-order chi connectivity index (χ0) is 12.3. The molecule has 0 spiro atoms. The quantitative estimate of drug-likeness (QED) is 0.822. The number of methoxy groups -OCH3 is 1. The summed E-state index contributed by atoms with van der Waals surface area (Å²) in [5.41, 5.74) is 2.74. The molecule has 0 saturated carbocycles. The summed E-state index contributed by atoms with van der Waals surface area (Å²) in [6, 6.07) is 10.1. The van der Waals surface area contributed by atoms with Crippen LogP contribution in [0.4, 0.5) is 0 Å². The molecule has 1 aromatic heterocycles. The first kappa shape index (κ1) is 11.5. The van der Waals surface area contributed by atoms with Crippen LogP contribution < -0.4 is 0 Å². The molecule has 1 aromatic carbocycles. The minimum atomic E-state index is -0.302. The van der Waals surface area contributed by atoms with Gasteiger partial charge < -0.3 is 9.72 Å². The molecular weight excluding hydrogens is 214 g/mol. The molecule has 0 fully saturated rings. The van der Waals surface area contributed by atoms with Crippen LogP contribution in [0.15, 0.2) is 42.7 Å². The van der Waals surface area contributed by atoms with Crippen LogP contribution in [0.5, 0.6) is 0 Å². The van der Waals surface area contributed by atoms with Crippen molar-refractivity contribution in [3.8, 4) is 0 Å². The Morgan fingerprint density at radius 2 is 1.94 bits per heavy atom. The Morgan fingerprint density at radius 3 is 2.59 bits per heavy atom. The molecule has 88 valence electrons. The SMILES string of the molecule is COC(=O)c1c[nH]cc1[C@@H](C)c1ccccc1. The lowest BCUT2D eigenvalue weighted by Gasteiger charge is -2.12. The largest absolute Gasteiger partial charge is 0.465 e. The highest BCUT2D eigenvalue weighted by Gasteiger charge is 2.18. The van der Waals surface area contributed by atoms with Crippen LogP contribution in [0, 0.1) is 0 Å². The van der Waals surface area contributed by atoms with Crippen molar-refractivity contribution in [2.45, 2.75) is 12.8 Å². The van der Waals surface area contributed by atoms with Crippen LogP contribution in [0.3, 0.4) is 0 Å². The molecule has 0 amide bonds. The maximum absolute atomic E-state index is 11.6. The van der Waals surface area contributed by atoms with Gasteiger partial charge in [0.05, 0.1) is 12.7 Å². The molecule has 0 aliphatic rings. The molecular formula is C14H15NO2. The Labute approximate surface area is 100 Å². The third kappa shape index (κ3) is 2.23. The van der Waals surface area contributed by atoms with Gasteiger partial charge in [0.1, 0.15) is 0 Å². The Balaban J connectivity index is 2.35. The third-order valence-electron chi connectivity index (χ3n) is 2.95. The molecule has 0 aliphatic heterocycles. The number of H-pyrrole nitrogens is 1. The van der Waals surface area contributed by atoms with E-state index in [9.17, 15) is 4.79 Å². The van der Waals surface area contributed by atoms with Gasteiger partial charge in [-0.2, -0.15) is 0 Å². The second-order valence-electron chi connectivity index (χ2n) is 3.95. The van der Waals surface area contributed by atoms with Gasteiger partial charge in [-0.3, -0.25) is 0 Å². The molecule has 1 atom stereocenters. The predicted molar refractivity (Wildman–Crippen MR) is 66.1 cm³/mol. The molecule has 2 rings (SSSR count). The summed E-state index contributed by atoms with van der Waals surface area (Å²) in [7, 11) is 1.40. The highest BCUT2D eigenvalue weighted by Crippen LogP contribution is 2.26. The van der Waals surface area contributed by atoms with Crippen LogP contribution >= 0.6 is 0 Å². The van der Waals surface area contributed by atoms with Crippen molar-refractivity contribution in [3.63, 3.8) is 0 Å². The smallest absolute Gasteiger partial charge is 0.339 e.